The van der Waals surface area contributed by atoms with Crippen LogP contribution in [0.5, 0.6) is 0 Å². The second-order valence-electron chi connectivity index (χ2n) is 6.36. The highest BCUT2D eigenvalue weighted by Gasteiger charge is 2.43. The summed E-state index contributed by atoms with van der Waals surface area (Å²) < 4.78 is 26.5. The van der Waals surface area contributed by atoms with Crippen molar-refractivity contribution in [3.05, 3.63) is 23.8 Å². The fourth-order valence-corrected chi connectivity index (χ4v) is 3.83. The average Bonchev–Trinajstić information content (AvgIpc) is 2.46. The predicted octanol–water partition coefficient (Wildman–Crippen LogP) is 3.34. The minimum absolute atomic E-state index is 0.00347. The molecule has 1 heterocycles. The zero-order valence-electron chi connectivity index (χ0n) is 12.1. The number of fused-ring (bicyclic) bond motifs is 1. The van der Waals surface area contributed by atoms with E-state index in [1.165, 1.54) is 6.07 Å². The highest BCUT2D eigenvalue weighted by atomic mass is 19.3. The van der Waals surface area contributed by atoms with Gasteiger partial charge in [0.25, 0.3) is 6.43 Å². The van der Waals surface area contributed by atoms with Gasteiger partial charge >= 0.3 is 0 Å². The van der Waals surface area contributed by atoms with Gasteiger partial charge in [-0.2, -0.15) is 0 Å². The highest BCUT2D eigenvalue weighted by molar-refractivity contribution is 5.60. The Kier molecular flexibility index (Phi) is 3.78. The van der Waals surface area contributed by atoms with Gasteiger partial charge in [0.1, 0.15) is 0 Å². The fraction of sp³-hybridized carbons (Fsp3) is 0.625. The van der Waals surface area contributed by atoms with Crippen LogP contribution in [0.15, 0.2) is 18.2 Å². The van der Waals surface area contributed by atoms with E-state index in [0.717, 1.165) is 25.7 Å². The standard InChI is InChI=1S/C16H22F2N2O/c17-15(18)13-9-12(19)4-5-14(13)20-8-7-16(21)6-2-1-3-11(16)10-20/h4-5,9,11,15,21H,1-3,6-8,10,19H2. The summed E-state index contributed by atoms with van der Waals surface area (Å²) in [6.07, 6.45) is 2.13. The molecular weight excluding hydrogens is 274 g/mol. The highest BCUT2D eigenvalue weighted by Crippen LogP contribution is 2.42. The minimum Gasteiger partial charge on any atom is -0.399 e. The monoisotopic (exact) mass is 296 g/mol. The maximum absolute atomic E-state index is 13.2. The second-order valence-corrected chi connectivity index (χ2v) is 6.36. The van der Waals surface area contributed by atoms with Crippen molar-refractivity contribution in [1.82, 2.24) is 0 Å². The number of nitrogens with zero attached hydrogens (tertiary/aromatic N) is 1. The first kappa shape index (κ1) is 14.6. The van der Waals surface area contributed by atoms with Crippen molar-refractivity contribution in [1.29, 1.82) is 0 Å². The number of aliphatic hydroxyl groups is 1. The lowest BCUT2D eigenvalue weighted by atomic mass is 9.71. The Bertz CT molecular complexity index is 523. The van der Waals surface area contributed by atoms with E-state index < -0.39 is 12.0 Å². The first-order valence-electron chi connectivity index (χ1n) is 7.64. The van der Waals surface area contributed by atoms with E-state index in [1.54, 1.807) is 12.1 Å². The molecule has 2 aliphatic rings. The number of anilines is 2. The second kappa shape index (κ2) is 5.44. The molecule has 1 aromatic rings. The molecule has 2 atom stereocenters. The van der Waals surface area contributed by atoms with Gasteiger partial charge in [0.05, 0.1) is 5.60 Å². The van der Waals surface area contributed by atoms with Gasteiger partial charge in [0.2, 0.25) is 0 Å². The molecule has 1 saturated carbocycles. The topological polar surface area (TPSA) is 49.5 Å². The molecule has 21 heavy (non-hydrogen) atoms. The quantitative estimate of drug-likeness (QED) is 0.823. The van der Waals surface area contributed by atoms with Crippen molar-refractivity contribution in [3.8, 4) is 0 Å². The molecule has 0 amide bonds. The molecule has 5 heteroatoms. The van der Waals surface area contributed by atoms with E-state index in [4.69, 9.17) is 5.73 Å². The first-order valence-corrected chi connectivity index (χ1v) is 7.64. The number of nitrogen functional groups attached to an aromatic ring is 1. The summed E-state index contributed by atoms with van der Waals surface area (Å²) >= 11 is 0. The molecule has 3 N–H and O–H groups in total. The Balaban J connectivity index is 1.85. The third-order valence-electron chi connectivity index (χ3n) is 5.05. The van der Waals surface area contributed by atoms with Crippen LogP contribution in [0.25, 0.3) is 0 Å². The number of nitrogens with two attached hydrogens (primary N) is 1. The lowest BCUT2D eigenvalue weighted by molar-refractivity contribution is -0.0613. The third kappa shape index (κ3) is 2.71. The Hall–Kier alpha value is -1.36. The maximum atomic E-state index is 13.2. The van der Waals surface area contributed by atoms with Crippen molar-refractivity contribution >= 4 is 11.4 Å². The van der Waals surface area contributed by atoms with Crippen molar-refractivity contribution in [2.45, 2.75) is 44.1 Å². The van der Waals surface area contributed by atoms with Gasteiger partial charge in [0.15, 0.2) is 0 Å². The van der Waals surface area contributed by atoms with Gasteiger partial charge in [-0.1, -0.05) is 12.8 Å². The maximum Gasteiger partial charge on any atom is 0.265 e. The predicted molar refractivity (Wildman–Crippen MR) is 79.5 cm³/mol. The number of piperidine rings is 1. The molecule has 3 nitrogen and oxygen atoms in total. The molecule has 0 radical (unpaired) electrons. The molecule has 1 aromatic carbocycles. The lowest BCUT2D eigenvalue weighted by Crippen LogP contribution is -2.53. The van der Waals surface area contributed by atoms with E-state index >= 15 is 0 Å². The minimum atomic E-state index is -2.53. The number of halogens is 2. The SMILES string of the molecule is Nc1ccc(N2CCC3(O)CCCCC3C2)c(C(F)F)c1. The average molecular weight is 296 g/mol. The Labute approximate surface area is 123 Å². The number of hydrogen-bond donors (Lipinski definition) is 2. The number of hydrogen-bond acceptors (Lipinski definition) is 3. The van der Waals surface area contributed by atoms with Gasteiger partial charge in [-0.15, -0.1) is 0 Å². The largest absolute Gasteiger partial charge is 0.399 e. The first-order chi connectivity index (χ1) is 9.99. The van der Waals surface area contributed by atoms with Crippen LogP contribution in [-0.4, -0.2) is 23.8 Å². The molecule has 0 bridgehead atoms. The number of alkyl halides is 2. The molecule has 2 unspecified atom stereocenters. The normalized spacial score (nSPS) is 29.5. The smallest absolute Gasteiger partial charge is 0.265 e. The third-order valence-corrected chi connectivity index (χ3v) is 5.05. The van der Waals surface area contributed by atoms with Crippen molar-refractivity contribution < 1.29 is 13.9 Å². The molecule has 0 aromatic heterocycles. The van der Waals surface area contributed by atoms with E-state index in [2.05, 4.69) is 0 Å². The van der Waals surface area contributed by atoms with Crippen LogP contribution in [0.4, 0.5) is 20.2 Å². The van der Waals surface area contributed by atoms with E-state index in [1.807, 2.05) is 4.90 Å². The summed E-state index contributed by atoms with van der Waals surface area (Å²) in [6.45, 7) is 1.27. The molecule has 3 rings (SSSR count). The number of rotatable bonds is 2. The Morgan fingerprint density at radius 2 is 2.10 bits per heavy atom. The van der Waals surface area contributed by atoms with Crippen LogP contribution in [-0.2, 0) is 0 Å². The molecule has 116 valence electrons. The van der Waals surface area contributed by atoms with Gasteiger partial charge in [-0.25, -0.2) is 8.78 Å². The van der Waals surface area contributed by atoms with Crippen molar-refractivity contribution in [3.63, 3.8) is 0 Å². The Morgan fingerprint density at radius 1 is 1.29 bits per heavy atom. The van der Waals surface area contributed by atoms with Crippen molar-refractivity contribution in [2.75, 3.05) is 23.7 Å². The van der Waals surface area contributed by atoms with Gasteiger partial charge < -0.3 is 15.7 Å². The summed E-state index contributed by atoms with van der Waals surface area (Å²) in [5.41, 5.74) is 5.96. The van der Waals surface area contributed by atoms with Crippen LogP contribution < -0.4 is 10.6 Å². The van der Waals surface area contributed by atoms with E-state index in [-0.39, 0.29) is 11.5 Å². The zero-order valence-corrected chi connectivity index (χ0v) is 12.1. The van der Waals surface area contributed by atoms with Crippen LogP contribution in [0.1, 0.15) is 44.1 Å². The zero-order chi connectivity index (χ0) is 15.0. The summed E-state index contributed by atoms with van der Waals surface area (Å²) in [4.78, 5) is 1.99. The summed E-state index contributed by atoms with van der Waals surface area (Å²) in [6, 6.07) is 4.72. The Morgan fingerprint density at radius 3 is 2.86 bits per heavy atom. The molecule has 2 fully saturated rings. The number of benzene rings is 1. The molecule has 0 spiro atoms. The molecule has 1 aliphatic heterocycles. The van der Waals surface area contributed by atoms with Crippen LogP contribution in [0, 0.1) is 5.92 Å². The summed E-state index contributed by atoms with van der Waals surface area (Å²) in [7, 11) is 0. The lowest BCUT2D eigenvalue weighted by Gasteiger charge is -2.48. The van der Waals surface area contributed by atoms with Gasteiger partial charge in [-0.05, 0) is 37.5 Å². The van der Waals surface area contributed by atoms with Crippen LogP contribution >= 0.6 is 0 Å². The summed E-state index contributed by atoms with van der Waals surface area (Å²) in [5.74, 6) is 0.183. The van der Waals surface area contributed by atoms with E-state index in [0.29, 0.717) is 30.9 Å². The van der Waals surface area contributed by atoms with Crippen molar-refractivity contribution in [2.24, 2.45) is 5.92 Å². The molecule has 1 saturated heterocycles. The van der Waals surface area contributed by atoms with Crippen LogP contribution in [0.2, 0.25) is 0 Å². The fourth-order valence-electron chi connectivity index (χ4n) is 3.83. The van der Waals surface area contributed by atoms with Gasteiger partial charge in [0, 0.05) is 35.9 Å². The van der Waals surface area contributed by atoms with Crippen LogP contribution in [0.3, 0.4) is 0 Å². The molecular formula is C16H22F2N2O. The van der Waals surface area contributed by atoms with E-state index in [9.17, 15) is 13.9 Å². The molecule has 1 aliphatic carbocycles. The summed E-state index contributed by atoms with van der Waals surface area (Å²) in [5, 5.41) is 10.7. The van der Waals surface area contributed by atoms with Gasteiger partial charge in [-0.3, -0.25) is 0 Å².